The molecule has 6 bridgehead atoms. The first-order valence-electron chi connectivity index (χ1n) is 11.2. The fourth-order valence-corrected chi connectivity index (χ4v) is 11.0. The summed E-state index contributed by atoms with van der Waals surface area (Å²) in [5, 5.41) is 0. The molecular weight excluding hydrogens is 634 g/mol. The van der Waals surface area contributed by atoms with E-state index in [1.165, 1.54) is 43.2 Å². The molecule has 4 aliphatic rings. The van der Waals surface area contributed by atoms with Crippen LogP contribution >= 0.6 is 27.7 Å². The largest absolute Gasteiger partial charge is 1.00 e. The summed E-state index contributed by atoms with van der Waals surface area (Å²) in [6.07, 6.45) is 5.05. The number of allylic oxidation sites excluding steroid dienone is 2. The first-order valence-corrected chi connectivity index (χ1v) is 15.3. The molecule has 2 unspecified atom stereocenters. The Kier molecular flexibility index (Phi) is 7.37. The van der Waals surface area contributed by atoms with Crippen molar-refractivity contribution in [1.29, 1.82) is 0 Å². The van der Waals surface area contributed by atoms with Gasteiger partial charge >= 0.3 is 220 Å². The molecule has 0 N–H and O–H groups in total. The second-order valence-corrected chi connectivity index (χ2v) is 14.4. The van der Waals surface area contributed by atoms with Crippen LogP contribution in [-0.4, -0.2) is 0 Å². The van der Waals surface area contributed by atoms with Gasteiger partial charge in [0.15, 0.2) is 0 Å². The molecule has 2 aliphatic heterocycles. The summed E-state index contributed by atoms with van der Waals surface area (Å²) < 4.78 is 4.50. The molecule has 0 radical (unpaired) electrons. The number of hydrogen-bond acceptors (Lipinski definition) is 1. The Balaban J connectivity index is 0.00000127. The van der Waals surface area contributed by atoms with Gasteiger partial charge in [0.1, 0.15) is 0 Å². The zero-order valence-electron chi connectivity index (χ0n) is 18.5. The van der Waals surface area contributed by atoms with E-state index in [0.29, 0.717) is 11.8 Å². The van der Waals surface area contributed by atoms with Gasteiger partial charge in [-0.05, 0) is 0 Å². The second-order valence-electron chi connectivity index (χ2n) is 8.84. The van der Waals surface area contributed by atoms with Crippen LogP contribution in [0.1, 0.15) is 45.2 Å². The number of hydrogen-bond donors (Lipinski definition) is 0. The zero-order chi connectivity index (χ0) is 21.9. The summed E-state index contributed by atoms with van der Waals surface area (Å²) in [6, 6.07) is 34.2. The van der Waals surface area contributed by atoms with E-state index in [9.17, 15) is 0 Å². The molecule has 2 aliphatic carbocycles. The van der Waals surface area contributed by atoms with Crippen LogP contribution in [0.2, 0.25) is 0 Å². The van der Waals surface area contributed by atoms with Crippen LogP contribution in [0.15, 0.2) is 112 Å². The number of rotatable bonds is 3. The average Bonchev–Trinajstić information content (AvgIpc) is 3.38. The predicted molar refractivity (Wildman–Crippen MR) is 137 cm³/mol. The van der Waals surface area contributed by atoms with E-state index in [0.717, 1.165) is 4.47 Å². The molecular formula is C30H19BrCl2SZr. The summed E-state index contributed by atoms with van der Waals surface area (Å²) in [4.78, 5) is 2.69. The van der Waals surface area contributed by atoms with E-state index < -0.39 is 23.2 Å². The number of fused-ring (bicyclic) bond motifs is 2. The summed E-state index contributed by atoms with van der Waals surface area (Å²) in [7, 11) is 0. The van der Waals surface area contributed by atoms with Crippen molar-refractivity contribution in [1.82, 2.24) is 0 Å². The average molecular weight is 654 g/mol. The molecule has 2 atom stereocenters. The molecule has 0 aromatic heterocycles. The molecule has 2 heterocycles. The Morgan fingerprint density at radius 2 is 1.31 bits per heavy atom. The van der Waals surface area contributed by atoms with Gasteiger partial charge in [0.05, 0.1) is 0 Å². The standard InChI is InChI=1S/C15H10Br.C15H9S.2ClH.Zr/c16-13-8-6-12-7-9-14(15(12)10-13)11-4-2-1-3-5-11;1-2-10-8-12(3-1)16-13-5-7-15-11(9-13)4-6-14(10)15;;;/h1-8,10,14H;1-5,7-9,14H;2*1H;/q;;;;+2/p-2. The van der Waals surface area contributed by atoms with Gasteiger partial charge in [-0.25, -0.2) is 0 Å². The second kappa shape index (κ2) is 10.2. The molecule has 4 aromatic carbocycles. The van der Waals surface area contributed by atoms with E-state index in [4.69, 9.17) is 0 Å². The van der Waals surface area contributed by atoms with Gasteiger partial charge in [-0.15, -0.1) is 0 Å². The quantitative estimate of drug-likeness (QED) is 0.328. The normalized spacial score (nSPS) is 18.1. The third-order valence-corrected chi connectivity index (χ3v) is 11.8. The first-order chi connectivity index (χ1) is 16.2. The SMILES string of the molecule is Brc1ccc2c(c1)C(c1ccccc1)[C]([Zr+2][C]1=Cc3cc4ccc3C1c1cccc(c1)S4)=C2.[Cl-].[Cl-]. The van der Waals surface area contributed by atoms with E-state index >= 15 is 0 Å². The van der Waals surface area contributed by atoms with Crippen molar-refractivity contribution in [3.8, 4) is 0 Å². The Hall–Kier alpha value is -1.35. The first kappa shape index (κ1) is 25.3. The maximum Gasteiger partial charge on any atom is -1.00 e. The Bertz CT molecular complexity index is 1500. The minimum Gasteiger partial charge on any atom is -1.00 e. The van der Waals surface area contributed by atoms with Gasteiger partial charge < -0.3 is 24.8 Å². The van der Waals surface area contributed by atoms with Gasteiger partial charge in [-0.2, -0.15) is 0 Å². The van der Waals surface area contributed by atoms with Gasteiger partial charge in [0, 0.05) is 0 Å². The van der Waals surface area contributed by atoms with Crippen molar-refractivity contribution in [3.63, 3.8) is 0 Å². The minimum atomic E-state index is -1.02. The predicted octanol–water partition coefficient (Wildman–Crippen LogP) is 2.68. The summed E-state index contributed by atoms with van der Waals surface area (Å²) >= 11 is 4.58. The Morgan fingerprint density at radius 3 is 2.14 bits per heavy atom. The molecule has 35 heavy (non-hydrogen) atoms. The van der Waals surface area contributed by atoms with Crippen LogP contribution in [0.4, 0.5) is 0 Å². The number of halogens is 3. The third-order valence-electron chi connectivity index (χ3n) is 6.82. The Labute approximate surface area is 242 Å². The zero-order valence-corrected chi connectivity index (χ0v) is 24.9. The van der Waals surface area contributed by atoms with Crippen molar-refractivity contribution in [3.05, 3.63) is 135 Å². The molecule has 0 saturated heterocycles. The van der Waals surface area contributed by atoms with E-state index in [1.807, 2.05) is 11.8 Å². The smallest absolute Gasteiger partial charge is 1.00 e. The topological polar surface area (TPSA) is 0 Å². The summed E-state index contributed by atoms with van der Waals surface area (Å²) in [6.45, 7) is 0. The van der Waals surface area contributed by atoms with E-state index in [-0.39, 0.29) is 24.8 Å². The molecule has 0 saturated carbocycles. The summed E-state index contributed by atoms with van der Waals surface area (Å²) in [5.41, 5.74) is 8.62. The van der Waals surface area contributed by atoms with Crippen molar-refractivity contribution in [2.45, 2.75) is 21.6 Å². The third kappa shape index (κ3) is 4.49. The molecule has 0 amide bonds. The monoisotopic (exact) mass is 650 g/mol. The minimum absolute atomic E-state index is 0. The van der Waals surface area contributed by atoms with Crippen LogP contribution in [0.3, 0.4) is 0 Å². The summed E-state index contributed by atoms with van der Waals surface area (Å²) in [5.74, 6) is 0.785. The molecule has 170 valence electrons. The van der Waals surface area contributed by atoms with Crippen LogP contribution in [0.25, 0.3) is 12.2 Å². The van der Waals surface area contributed by atoms with Crippen molar-refractivity contribution in [2.24, 2.45) is 0 Å². The van der Waals surface area contributed by atoms with Crippen LogP contribution < -0.4 is 24.8 Å². The van der Waals surface area contributed by atoms with Crippen molar-refractivity contribution in [2.75, 3.05) is 0 Å². The molecule has 0 nitrogen and oxygen atoms in total. The molecule has 0 spiro atoms. The van der Waals surface area contributed by atoms with Crippen LogP contribution in [-0.2, 0) is 23.2 Å². The van der Waals surface area contributed by atoms with Crippen molar-refractivity contribution < 1.29 is 48.0 Å². The fraction of sp³-hybridized carbons (Fsp3) is 0.0667. The number of benzene rings is 4. The Morgan fingerprint density at radius 1 is 0.600 bits per heavy atom. The van der Waals surface area contributed by atoms with Crippen molar-refractivity contribution >= 4 is 39.8 Å². The maximum absolute atomic E-state index is 3.72. The maximum atomic E-state index is 3.72. The van der Waals surface area contributed by atoms with Gasteiger partial charge in [-0.1, -0.05) is 0 Å². The van der Waals surface area contributed by atoms with Crippen LogP contribution in [0.5, 0.6) is 0 Å². The van der Waals surface area contributed by atoms with Crippen LogP contribution in [0, 0.1) is 0 Å². The van der Waals surface area contributed by atoms with Gasteiger partial charge in [-0.3, -0.25) is 0 Å². The molecule has 5 heteroatoms. The van der Waals surface area contributed by atoms with E-state index in [2.05, 4.69) is 119 Å². The van der Waals surface area contributed by atoms with Gasteiger partial charge in [0.2, 0.25) is 0 Å². The molecule has 8 rings (SSSR count). The van der Waals surface area contributed by atoms with Gasteiger partial charge in [0.25, 0.3) is 0 Å². The van der Waals surface area contributed by atoms with E-state index in [1.54, 1.807) is 6.56 Å². The molecule has 0 fully saturated rings. The molecule has 4 aromatic rings. The fourth-order valence-electron chi connectivity index (χ4n) is 5.41.